The smallest absolute Gasteiger partial charge is 0.254 e. The lowest BCUT2D eigenvalue weighted by molar-refractivity contribution is 0.0734. The molecular weight excluding hydrogens is 366 g/mol. The summed E-state index contributed by atoms with van der Waals surface area (Å²) in [6, 6.07) is 12.9. The predicted molar refractivity (Wildman–Crippen MR) is 100 cm³/mol. The van der Waals surface area contributed by atoms with Crippen molar-refractivity contribution in [3.8, 4) is 22.8 Å². The Morgan fingerprint density at radius 1 is 1.11 bits per heavy atom. The number of rotatable bonds is 2. The fraction of sp³-hybridized carbons (Fsp3) is 0.200. The van der Waals surface area contributed by atoms with Gasteiger partial charge in [0, 0.05) is 46.9 Å². The minimum absolute atomic E-state index is 0.0257. The number of carbonyl (C=O) groups excluding carboxylic acids is 1. The number of hydrogen-bond acceptors (Lipinski definition) is 4. The van der Waals surface area contributed by atoms with Crippen LogP contribution in [0.25, 0.3) is 11.3 Å². The molecule has 2 aliphatic rings. The van der Waals surface area contributed by atoms with Crippen LogP contribution in [0.3, 0.4) is 0 Å². The highest BCUT2D eigenvalue weighted by Gasteiger charge is 2.27. The third kappa shape index (κ3) is 2.82. The molecule has 3 aromatic rings. The minimum Gasteiger partial charge on any atom is -0.454 e. The molecule has 7 heteroatoms. The van der Waals surface area contributed by atoms with Crippen molar-refractivity contribution in [2.45, 2.75) is 13.0 Å². The lowest BCUT2D eigenvalue weighted by Crippen LogP contribution is -2.35. The lowest BCUT2D eigenvalue weighted by atomic mass is 10.0. The number of ether oxygens (including phenoxy) is 2. The maximum atomic E-state index is 13.0. The first-order valence-corrected chi connectivity index (χ1v) is 9.08. The molecule has 0 atom stereocenters. The summed E-state index contributed by atoms with van der Waals surface area (Å²) in [7, 11) is 0. The van der Waals surface area contributed by atoms with E-state index in [4.69, 9.17) is 21.1 Å². The van der Waals surface area contributed by atoms with Gasteiger partial charge in [-0.15, -0.1) is 0 Å². The molecule has 2 aromatic carbocycles. The number of H-pyrrole nitrogens is 1. The fourth-order valence-electron chi connectivity index (χ4n) is 3.53. The molecule has 2 aliphatic heterocycles. The van der Waals surface area contributed by atoms with E-state index in [-0.39, 0.29) is 12.7 Å². The Morgan fingerprint density at radius 3 is 2.78 bits per heavy atom. The summed E-state index contributed by atoms with van der Waals surface area (Å²) in [5.41, 5.74) is 4.57. The van der Waals surface area contributed by atoms with E-state index in [0.29, 0.717) is 35.2 Å². The number of fused-ring (bicyclic) bond motifs is 2. The van der Waals surface area contributed by atoms with Crippen molar-refractivity contribution in [2.24, 2.45) is 0 Å². The number of amides is 1. The van der Waals surface area contributed by atoms with Crippen molar-refractivity contribution >= 4 is 17.5 Å². The number of hydrogen-bond donors (Lipinski definition) is 1. The molecule has 27 heavy (non-hydrogen) atoms. The van der Waals surface area contributed by atoms with Crippen LogP contribution in [0.1, 0.15) is 21.6 Å². The minimum atomic E-state index is -0.0257. The first-order chi connectivity index (χ1) is 13.2. The van der Waals surface area contributed by atoms with Crippen LogP contribution in [0.4, 0.5) is 0 Å². The van der Waals surface area contributed by atoms with Crippen molar-refractivity contribution in [1.82, 2.24) is 15.1 Å². The summed E-state index contributed by atoms with van der Waals surface area (Å²) in [5, 5.41) is 8.27. The fourth-order valence-corrected chi connectivity index (χ4v) is 3.65. The molecule has 3 heterocycles. The summed E-state index contributed by atoms with van der Waals surface area (Å²) < 4.78 is 10.7. The Kier molecular flexibility index (Phi) is 3.79. The number of nitrogens with zero attached hydrogens (tertiary/aromatic N) is 2. The van der Waals surface area contributed by atoms with Crippen LogP contribution in [-0.4, -0.2) is 34.3 Å². The van der Waals surface area contributed by atoms with Gasteiger partial charge in [-0.3, -0.25) is 9.89 Å². The summed E-state index contributed by atoms with van der Waals surface area (Å²) >= 11 is 5.99. The molecule has 0 saturated heterocycles. The second-order valence-corrected chi connectivity index (χ2v) is 7.02. The maximum Gasteiger partial charge on any atom is 0.254 e. The molecule has 0 aliphatic carbocycles. The number of benzene rings is 2. The summed E-state index contributed by atoms with van der Waals surface area (Å²) in [4.78, 5) is 14.8. The van der Waals surface area contributed by atoms with Crippen molar-refractivity contribution < 1.29 is 14.3 Å². The van der Waals surface area contributed by atoms with E-state index >= 15 is 0 Å². The van der Waals surface area contributed by atoms with Crippen LogP contribution in [-0.2, 0) is 13.0 Å². The Morgan fingerprint density at radius 2 is 1.93 bits per heavy atom. The zero-order valence-corrected chi connectivity index (χ0v) is 15.1. The third-order valence-corrected chi connectivity index (χ3v) is 5.21. The van der Waals surface area contributed by atoms with E-state index in [1.54, 1.807) is 18.2 Å². The standard InChI is InChI=1S/C20H16ClN3O3/c21-14-4-1-12(2-5-14)19-15-10-24(8-7-16(15)22-23-19)20(25)13-3-6-17-18(9-13)27-11-26-17/h1-6,9H,7-8,10-11H2,(H,22,23). The number of aromatic amines is 1. The Hall–Kier alpha value is -2.99. The second-order valence-electron chi connectivity index (χ2n) is 6.58. The van der Waals surface area contributed by atoms with Crippen LogP contribution in [0, 0.1) is 0 Å². The van der Waals surface area contributed by atoms with Gasteiger partial charge in [-0.2, -0.15) is 5.10 Å². The van der Waals surface area contributed by atoms with Crippen LogP contribution < -0.4 is 9.47 Å². The molecule has 0 unspecified atom stereocenters. The van der Waals surface area contributed by atoms with Crippen LogP contribution in [0.2, 0.25) is 5.02 Å². The molecule has 1 N–H and O–H groups in total. The molecule has 1 aromatic heterocycles. The van der Waals surface area contributed by atoms with Crippen molar-refractivity contribution in [3.05, 3.63) is 64.3 Å². The Bertz CT molecular complexity index is 1030. The number of halogens is 1. The van der Waals surface area contributed by atoms with Gasteiger partial charge in [0.15, 0.2) is 11.5 Å². The highest BCUT2D eigenvalue weighted by Crippen LogP contribution is 2.34. The SMILES string of the molecule is O=C(c1ccc2c(c1)OCO2)N1CCc2[nH]nc(-c3ccc(Cl)cc3)c2C1. The molecule has 1 amide bonds. The average molecular weight is 382 g/mol. The summed E-state index contributed by atoms with van der Waals surface area (Å²) in [5.74, 6) is 1.26. The first-order valence-electron chi connectivity index (χ1n) is 8.70. The highest BCUT2D eigenvalue weighted by molar-refractivity contribution is 6.30. The molecule has 5 rings (SSSR count). The highest BCUT2D eigenvalue weighted by atomic mass is 35.5. The predicted octanol–water partition coefficient (Wildman–Crippen LogP) is 3.66. The summed E-state index contributed by atoms with van der Waals surface area (Å²) in [6.07, 6.45) is 0.742. The normalized spacial score (nSPS) is 14.9. The van der Waals surface area contributed by atoms with Gasteiger partial charge >= 0.3 is 0 Å². The van der Waals surface area contributed by atoms with Gasteiger partial charge in [0.1, 0.15) is 0 Å². The van der Waals surface area contributed by atoms with Gasteiger partial charge in [0.05, 0.1) is 5.69 Å². The van der Waals surface area contributed by atoms with Gasteiger partial charge in [-0.25, -0.2) is 0 Å². The van der Waals surface area contributed by atoms with E-state index in [0.717, 1.165) is 28.9 Å². The quantitative estimate of drug-likeness (QED) is 0.735. The molecule has 0 saturated carbocycles. The molecular formula is C20H16ClN3O3. The lowest BCUT2D eigenvalue weighted by Gasteiger charge is -2.27. The monoisotopic (exact) mass is 381 g/mol. The van der Waals surface area contributed by atoms with Crippen LogP contribution in [0.15, 0.2) is 42.5 Å². The van der Waals surface area contributed by atoms with Gasteiger partial charge in [-0.1, -0.05) is 23.7 Å². The zero-order chi connectivity index (χ0) is 18.4. The molecule has 6 nitrogen and oxygen atoms in total. The van der Waals surface area contributed by atoms with Gasteiger partial charge in [0.25, 0.3) is 5.91 Å². The Labute approximate surface area is 160 Å². The molecule has 0 bridgehead atoms. The van der Waals surface area contributed by atoms with Gasteiger partial charge < -0.3 is 14.4 Å². The van der Waals surface area contributed by atoms with Crippen LogP contribution in [0.5, 0.6) is 11.5 Å². The van der Waals surface area contributed by atoms with Crippen molar-refractivity contribution in [1.29, 1.82) is 0 Å². The summed E-state index contributed by atoms with van der Waals surface area (Å²) in [6.45, 7) is 1.35. The van der Waals surface area contributed by atoms with Gasteiger partial charge in [-0.05, 0) is 30.3 Å². The average Bonchev–Trinajstić information content (AvgIpc) is 3.33. The third-order valence-electron chi connectivity index (χ3n) is 4.96. The van der Waals surface area contributed by atoms with E-state index < -0.39 is 0 Å². The van der Waals surface area contributed by atoms with Crippen LogP contribution >= 0.6 is 11.6 Å². The van der Waals surface area contributed by atoms with E-state index in [1.807, 2.05) is 29.2 Å². The van der Waals surface area contributed by atoms with E-state index in [1.165, 1.54) is 0 Å². The molecule has 0 radical (unpaired) electrons. The number of carbonyl (C=O) groups is 1. The maximum absolute atomic E-state index is 13.0. The van der Waals surface area contributed by atoms with Gasteiger partial charge in [0.2, 0.25) is 6.79 Å². The zero-order valence-electron chi connectivity index (χ0n) is 14.4. The second kappa shape index (κ2) is 6.32. The van der Waals surface area contributed by atoms with E-state index in [2.05, 4.69) is 10.2 Å². The van der Waals surface area contributed by atoms with E-state index in [9.17, 15) is 4.79 Å². The topological polar surface area (TPSA) is 67.5 Å². The first kappa shape index (κ1) is 16.2. The van der Waals surface area contributed by atoms with Crippen molar-refractivity contribution in [3.63, 3.8) is 0 Å². The Balaban J connectivity index is 1.43. The largest absolute Gasteiger partial charge is 0.454 e. The molecule has 0 spiro atoms. The van der Waals surface area contributed by atoms with Crippen molar-refractivity contribution in [2.75, 3.05) is 13.3 Å². The molecule has 136 valence electrons. The number of aromatic nitrogens is 2. The molecule has 0 fully saturated rings. The number of nitrogens with one attached hydrogen (secondary N) is 1.